The molecule has 1 aliphatic carbocycles. The predicted molar refractivity (Wildman–Crippen MR) is 60.9 cm³/mol. The van der Waals surface area contributed by atoms with Crippen LogP contribution in [0.1, 0.15) is 30.4 Å². The van der Waals surface area contributed by atoms with Gasteiger partial charge in [0.1, 0.15) is 0 Å². The first-order chi connectivity index (χ1) is 8.45. The highest BCUT2D eigenvalue weighted by Gasteiger charge is 2.30. The van der Waals surface area contributed by atoms with Gasteiger partial charge in [-0.3, -0.25) is 4.79 Å². The zero-order valence-electron chi connectivity index (χ0n) is 9.76. The van der Waals surface area contributed by atoms with Crippen molar-refractivity contribution in [2.45, 2.75) is 37.9 Å². The molecule has 1 saturated carbocycles. The van der Waals surface area contributed by atoms with Gasteiger partial charge in [-0.25, -0.2) is 0 Å². The zero-order chi connectivity index (χ0) is 13.2. The molecule has 1 aromatic carbocycles. The van der Waals surface area contributed by atoms with E-state index in [4.69, 9.17) is 0 Å². The van der Waals surface area contributed by atoms with E-state index in [1.54, 1.807) is 0 Å². The summed E-state index contributed by atoms with van der Waals surface area (Å²) in [6.07, 6.45) is -1.32. The number of amides is 1. The summed E-state index contributed by atoms with van der Waals surface area (Å²) in [5, 5.41) is 2.80. The molecule has 98 valence electrons. The fourth-order valence-corrected chi connectivity index (χ4v) is 1.87. The molecule has 0 saturated heterocycles. The second-order valence-electron chi connectivity index (χ2n) is 4.57. The van der Waals surface area contributed by atoms with Gasteiger partial charge in [0, 0.05) is 6.04 Å². The molecule has 5 heteroatoms. The molecule has 1 fully saturated rings. The molecule has 0 unspecified atom stereocenters. The van der Waals surface area contributed by atoms with Crippen LogP contribution in [0.5, 0.6) is 0 Å². The van der Waals surface area contributed by atoms with Crippen LogP contribution in [-0.4, -0.2) is 11.9 Å². The number of nitrogens with one attached hydrogen (secondary N) is 1. The Labute approximate surface area is 103 Å². The fraction of sp³-hybridized carbons (Fsp3) is 0.462. The molecule has 0 radical (unpaired) electrons. The largest absolute Gasteiger partial charge is 0.416 e. The first-order valence-electron chi connectivity index (χ1n) is 5.90. The lowest BCUT2D eigenvalue weighted by Crippen LogP contribution is -2.40. The molecule has 0 bridgehead atoms. The highest BCUT2D eigenvalue weighted by Crippen LogP contribution is 2.29. The van der Waals surface area contributed by atoms with Gasteiger partial charge in [-0.05, 0) is 30.9 Å². The molecular formula is C13H14F3NO. The Bertz CT molecular complexity index is 438. The first kappa shape index (κ1) is 12.9. The van der Waals surface area contributed by atoms with E-state index in [0.717, 1.165) is 31.4 Å². The van der Waals surface area contributed by atoms with Crippen LogP contribution in [0.3, 0.4) is 0 Å². The van der Waals surface area contributed by atoms with Gasteiger partial charge >= 0.3 is 6.18 Å². The van der Waals surface area contributed by atoms with Crippen LogP contribution in [0.2, 0.25) is 0 Å². The van der Waals surface area contributed by atoms with Crippen molar-refractivity contribution in [2.75, 3.05) is 0 Å². The van der Waals surface area contributed by atoms with E-state index in [1.165, 1.54) is 12.1 Å². The smallest absolute Gasteiger partial charge is 0.353 e. The molecule has 2 nitrogen and oxygen atoms in total. The van der Waals surface area contributed by atoms with Crippen LogP contribution in [0.4, 0.5) is 13.2 Å². The summed E-state index contributed by atoms with van der Waals surface area (Å²) in [4.78, 5) is 11.6. The highest BCUT2D eigenvalue weighted by atomic mass is 19.4. The minimum Gasteiger partial charge on any atom is -0.353 e. The van der Waals surface area contributed by atoms with E-state index < -0.39 is 11.7 Å². The standard InChI is InChI=1S/C13H14F3NO/c14-13(15,16)10-4-1-3-9(7-10)8-12(18)17-11-5-2-6-11/h1,3-4,7,11H,2,5-6,8H2,(H,17,18). The Balaban J connectivity index is 1.98. The van der Waals surface area contributed by atoms with E-state index in [9.17, 15) is 18.0 Å². The maximum Gasteiger partial charge on any atom is 0.416 e. The first-order valence-corrected chi connectivity index (χ1v) is 5.90. The molecule has 18 heavy (non-hydrogen) atoms. The van der Waals surface area contributed by atoms with Gasteiger partial charge in [0.15, 0.2) is 0 Å². The lowest BCUT2D eigenvalue weighted by atomic mass is 9.93. The summed E-state index contributed by atoms with van der Waals surface area (Å²) < 4.78 is 37.4. The number of carbonyl (C=O) groups is 1. The number of alkyl halides is 3. The number of halogens is 3. The molecule has 1 aromatic rings. The van der Waals surface area contributed by atoms with Crippen molar-refractivity contribution in [1.82, 2.24) is 5.32 Å². The number of hydrogen-bond donors (Lipinski definition) is 1. The molecule has 2 rings (SSSR count). The number of hydrogen-bond acceptors (Lipinski definition) is 1. The molecule has 0 spiro atoms. The van der Waals surface area contributed by atoms with Crippen molar-refractivity contribution < 1.29 is 18.0 Å². The number of carbonyl (C=O) groups excluding carboxylic acids is 1. The Morgan fingerprint density at radius 3 is 2.61 bits per heavy atom. The van der Waals surface area contributed by atoms with Crippen molar-refractivity contribution in [1.29, 1.82) is 0 Å². The SMILES string of the molecule is O=C(Cc1cccc(C(F)(F)F)c1)NC1CCC1. The average molecular weight is 257 g/mol. The summed E-state index contributed by atoms with van der Waals surface area (Å²) >= 11 is 0. The Morgan fingerprint density at radius 2 is 2.06 bits per heavy atom. The average Bonchev–Trinajstić information content (AvgIpc) is 2.23. The third kappa shape index (κ3) is 3.24. The third-order valence-electron chi connectivity index (χ3n) is 3.09. The van der Waals surface area contributed by atoms with Crippen molar-refractivity contribution >= 4 is 5.91 Å². The van der Waals surface area contributed by atoms with Crippen LogP contribution in [0, 0.1) is 0 Å². The normalized spacial score (nSPS) is 16.2. The minimum atomic E-state index is -4.36. The molecule has 0 atom stereocenters. The van der Waals surface area contributed by atoms with Crippen LogP contribution in [0.25, 0.3) is 0 Å². The van der Waals surface area contributed by atoms with Crippen molar-refractivity contribution in [3.05, 3.63) is 35.4 Å². The summed E-state index contributed by atoms with van der Waals surface area (Å²) in [5.41, 5.74) is -0.321. The van der Waals surface area contributed by atoms with Gasteiger partial charge in [-0.15, -0.1) is 0 Å². The van der Waals surface area contributed by atoms with E-state index in [2.05, 4.69) is 5.32 Å². The summed E-state index contributed by atoms with van der Waals surface area (Å²) in [6, 6.07) is 5.11. The number of rotatable bonds is 3. The van der Waals surface area contributed by atoms with E-state index in [1.807, 2.05) is 0 Å². The molecule has 0 aromatic heterocycles. The summed E-state index contributed by atoms with van der Waals surface area (Å²) in [6.45, 7) is 0. The maximum atomic E-state index is 12.5. The lowest BCUT2D eigenvalue weighted by Gasteiger charge is -2.26. The van der Waals surface area contributed by atoms with Crippen LogP contribution >= 0.6 is 0 Å². The molecule has 1 aliphatic rings. The van der Waals surface area contributed by atoms with Crippen molar-refractivity contribution in [3.8, 4) is 0 Å². The molecular weight excluding hydrogens is 243 g/mol. The van der Waals surface area contributed by atoms with Gasteiger partial charge < -0.3 is 5.32 Å². The topological polar surface area (TPSA) is 29.1 Å². The van der Waals surface area contributed by atoms with Gasteiger partial charge in [0.2, 0.25) is 5.91 Å². The Kier molecular flexibility index (Phi) is 3.59. The summed E-state index contributed by atoms with van der Waals surface area (Å²) in [7, 11) is 0. The highest BCUT2D eigenvalue weighted by molar-refractivity contribution is 5.79. The van der Waals surface area contributed by atoms with E-state index >= 15 is 0 Å². The molecule has 0 heterocycles. The van der Waals surface area contributed by atoms with Crippen LogP contribution in [-0.2, 0) is 17.4 Å². The minimum absolute atomic E-state index is 0.000417. The maximum absolute atomic E-state index is 12.5. The Hall–Kier alpha value is -1.52. The second-order valence-corrected chi connectivity index (χ2v) is 4.57. The van der Waals surface area contributed by atoms with E-state index in [0.29, 0.717) is 5.56 Å². The second kappa shape index (κ2) is 5.00. The van der Waals surface area contributed by atoms with Crippen LogP contribution < -0.4 is 5.32 Å². The number of benzene rings is 1. The molecule has 1 amide bonds. The molecule has 0 aliphatic heterocycles. The van der Waals surface area contributed by atoms with Gasteiger partial charge in [0.25, 0.3) is 0 Å². The predicted octanol–water partition coefficient (Wildman–Crippen LogP) is 2.92. The quantitative estimate of drug-likeness (QED) is 0.886. The zero-order valence-corrected chi connectivity index (χ0v) is 9.76. The fourth-order valence-electron chi connectivity index (χ4n) is 1.87. The summed E-state index contributed by atoms with van der Waals surface area (Å²) in [5.74, 6) is -0.209. The third-order valence-corrected chi connectivity index (χ3v) is 3.09. The van der Waals surface area contributed by atoms with Crippen molar-refractivity contribution in [2.24, 2.45) is 0 Å². The Morgan fingerprint density at radius 1 is 1.33 bits per heavy atom. The van der Waals surface area contributed by atoms with Gasteiger partial charge in [-0.2, -0.15) is 13.2 Å². The van der Waals surface area contributed by atoms with Gasteiger partial charge in [-0.1, -0.05) is 18.2 Å². The van der Waals surface area contributed by atoms with Crippen LogP contribution in [0.15, 0.2) is 24.3 Å². The van der Waals surface area contributed by atoms with Gasteiger partial charge in [0.05, 0.1) is 12.0 Å². The molecule has 1 N–H and O–H groups in total. The van der Waals surface area contributed by atoms with Crippen molar-refractivity contribution in [3.63, 3.8) is 0 Å². The lowest BCUT2D eigenvalue weighted by molar-refractivity contribution is -0.137. The monoisotopic (exact) mass is 257 g/mol. The van der Waals surface area contributed by atoms with E-state index in [-0.39, 0.29) is 18.4 Å².